The molecule has 8 heteroatoms. The van der Waals surface area contributed by atoms with Crippen LogP contribution in [-0.2, 0) is 27.5 Å². The maximum absolute atomic E-state index is 12.8. The standard InChI is InChI=1S/C19H26N3O4P/c1-12(23)16(7-8-18(25)27)22-11-15-13(4-2-5-14(15)19(22)26)10-21-17(24)6-3-9-20/h2,4-5,16H,3,6-11,20,27H2,1H3,(H,21,24). The third-order valence-electron chi connectivity index (χ3n) is 4.69. The molecule has 0 fully saturated rings. The van der Waals surface area contributed by atoms with Gasteiger partial charge in [-0.05, 0) is 43.5 Å². The second-order valence-corrected chi connectivity index (χ2v) is 7.32. The summed E-state index contributed by atoms with van der Waals surface area (Å²) in [5, 5.41) is 2.85. The van der Waals surface area contributed by atoms with Crippen LogP contribution in [0.2, 0.25) is 0 Å². The molecule has 2 rings (SSSR count). The van der Waals surface area contributed by atoms with Crippen molar-refractivity contribution in [2.75, 3.05) is 6.54 Å². The van der Waals surface area contributed by atoms with Crippen LogP contribution in [0, 0.1) is 0 Å². The summed E-state index contributed by atoms with van der Waals surface area (Å²) in [6, 6.07) is 4.75. The first kappa shape index (κ1) is 21.2. The molecule has 2 atom stereocenters. The summed E-state index contributed by atoms with van der Waals surface area (Å²) in [5.74, 6) is -0.434. The van der Waals surface area contributed by atoms with E-state index in [2.05, 4.69) is 14.6 Å². The molecule has 1 aromatic rings. The van der Waals surface area contributed by atoms with E-state index in [0.717, 1.165) is 11.1 Å². The van der Waals surface area contributed by atoms with Crippen molar-refractivity contribution in [3.8, 4) is 0 Å². The third-order valence-corrected chi connectivity index (χ3v) is 4.98. The number of fused-ring (bicyclic) bond motifs is 1. The molecular formula is C19H26N3O4P. The average Bonchev–Trinajstić information content (AvgIpc) is 2.95. The van der Waals surface area contributed by atoms with Gasteiger partial charge in [0, 0.05) is 31.5 Å². The molecule has 0 saturated heterocycles. The molecule has 0 aromatic heterocycles. The van der Waals surface area contributed by atoms with E-state index in [1.165, 1.54) is 11.8 Å². The highest BCUT2D eigenvalue weighted by atomic mass is 31.0. The second kappa shape index (κ2) is 9.72. The van der Waals surface area contributed by atoms with Gasteiger partial charge in [-0.2, -0.15) is 0 Å². The van der Waals surface area contributed by atoms with E-state index in [1.807, 2.05) is 6.07 Å². The van der Waals surface area contributed by atoms with Crippen LogP contribution in [-0.4, -0.2) is 40.6 Å². The van der Waals surface area contributed by atoms with Crippen molar-refractivity contribution in [2.24, 2.45) is 5.73 Å². The summed E-state index contributed by atoms with van der Waals surface area (Å²) in [4.78, 5) is 49.5. The van der Waals surface area contributed by atoms with Gasteiger partial charge in [-0.3, -0.25) is 19.2 Å². The second-order valence-electron chi connectivity index (χ2n) is 6.68. The van der Waals surface area contributed by atoms with Crippen molar-refractivity contribution >= 4 is 32.4 Å². The Morgan fingerprint density at radius 2 is 2.04 bits per heavy atom. The quantitative estimate of drug-likeness (QED) is 0.581. The van der Waals surface area contributed by atoms with Crippen LogP contribution in [0.4, 0.5) is 0 Å². The van der Waals surface area contributed by atoms with Gasteiger partial charge in [0.15, 0.2) is 5.78 Å². The van der Waals surface area contributed by atoms with Gasteiger partial charge in [0.2, 0.25) is 5.91 Å². The molecular weight excluding hydrogens is 365 g/mol. The molecule has 2 amide bonds. The van der Waals surface area contributed by atoms with Gasteiger partial charge >= 0.3 is 0 Å². The summed E-state index contributed by atoms with van der Waals surface area (Å²) in [6.07, 6.45) is 1.52. The van der Waals surface area contributed by atoms with Crippen LogP contribution in [0.15, 0.2) is 18.2 Å². The molecule has 7 nitrogen and oxygen atoms in total. The fourth-order valence-corrected chi connectivity index (χ4v) is 3.40. The van der Waals surface area contributed by atoms with Gasteiger partial charge in [0.25, 0.3) is 5.91 Å². The van der Waals surface area contributed by atoms with E-state index in [9.17, 15) is 19.2 Å². The Balaban J connectivity index is 2.14. The minimum atomic E-state index is -0.624. The summed E-state index contributed by atoms with van der Waals surface area (Å²) >= 11 is 0. The summed E-state index contributed by atoms with van der Waals surface area (Å²) in [5.41, 5.74) is 7.55. The summed E-state index contributed by atoms with van der Waals surface area (Å²) in [6.45, 7) is 2.52. The van der Waals surface area contributed by atoms with E-state index >= 15 is 0 Å². The Labute approximate surface area is 161 Å². The van der Waals surface area contributed by atoms with Gasteiger partial charge in [-0.1, -0.05) is 21.4 Å². The number of benzene rings is 1. The van der Waals surface area contributed by atoms with Crippen LogP contribution in [0.3, 0.4) is 0 Å². The van der Waals surface area contributed by atoms with E-state index < -0.39 is 6.04 Å². The molecule has 146 valence electrons. The van der Waals surface area contributed by atoms with Crippen molar-refractivity contribution in [1.29, 1.82) is 0 Å². The number of carbonyl (C=O) groups is 4. The molecule has 1 aliphatic rings. The predicted molar refractivity (Wildman–Crippen MR) is 105 cm³/mol. The Hall–Kier alpha value is -2.11. The van der Waals surface area contributed by atoms with Crippen LogP contribution in [0.1, 0.15) is 54.1 Å². The van der Waals surface area contributed by atoms with Gasteiger partial charge in [0.05, 0.1) is 6.04 Å². The summed E-state index contributed by atoms with van der Waals surface area (Å²) in [7, 11) is 2.09. The van der Waals surface area contributed by atoms with Gasteiger partial charge in [-0.25, -0.2) is 0 Å². The minimum Gasteiger partial charge on any atom is -0.352 e. The maximum atomic E-state index is 12.8. The highest BCUT2D eigenvalue weighted by molar-refractivity contribution is 7.40. The first-order valence-corrected chi connectivity index (χ1v) is 9.60. The van der Waals surface area contributed by atoms with Crippen LogP contribution in [0.25, 0.3) is 0 Å². The average molecular weight is 391 g/mol. The Morgan fingerprint density at radius 1 is 1.30 bits per heavy atom. The number of nitrogens with one attached hydrogen (secondary N) is 1. The molecule has 0 aliphatic carbocycles. The monoisotopic (exact) mass is 391 g/mol. The van der Waals surface area contributed by atoms with Crippen LogP contribution >= 0.6 is 9.24 Å². The molecule has 0 bridgehead atoms. The number of Topliss-reactive ketones (excluding diaryl/α,β-unsaturated/α-hetero) is 1. The molecule has 1 heterocycles. The fraction of sp³-hybridized carbons (Fsp3) is 0.474. The van der Waals surface area contributed by atoms with E-state index in [-0.39, 0.29) is 29.5 Å². The molecule has 0 saturated carbocycles. The Bertz CT molecular complexity index is 750. The largest absolute Gasteiger partial charge is 0.352 e. The van der Waals surface area contributed by atoms with Crippen molar-refractivity contribution in [3.05, 3.63) is 34.9 Å². The highest BCUT2D eigenvalue weighted by Crippen LogP contribution is 2.29. The normalized spacial score (nSPS) is 14.0. The van der Waals surface area contributed by atoms with E-state index in [4.69, 9.17) is 5.73 Å². The lowest BCUT2D eigenvalue weighted by Gasteiger charge is -2.25. The first-order chi connectivity index (χ1) is 12.8. The fourth-order valence-electron chi connectivity index (χ4n) is 3.24. The lowest BCUT2D eigenvalue weighted by Crippen LogP contribution is -2.40. The molecule has 1 aromatic carbocycles. The Kier molecular flexibility index (Phi) is 7.63. The van der Waals surface area contributed by atoms with Crippen LogP contribution < -0.4 is 11.1 Å². The Morgan fingerprint density at radius 3 is 2.67 bits per heavy atom. The zero-order valence-corrected chi connectivity index (χ0v) is 16.6. The van der Waals surface area contributed by atoms with E-state index in [0.29, 0.717) is 44.5 Å². The number of carbonyl (C=O) groups excluding carboxylic acids is 4. The molecule has 0 radical (unpaired) electrons. The van der Waals surface area contributed by atoms with Gasteiger partial charge in [-0.15, -0.1) is 0 Å². The summed E-state index contributed by atoms with van der Waals surface area (Å²) < 4.78 is 0. The SMILES string of the molecule is CC(=O)C(CCC(=O)P)N1Cc2c(CNC(=O)CCCN)cccc2C1=O. The number of rotatable bonds is 10. The van der Waals surface area contributed by atoms with Crippen molar-refractivity contribution < 1.29 is 19.2 Å². The highest BCUT2D eigenvalue weighted by Gasteiger charge is 2.35. The number of nitrogens with zero attached hydrogens (tertiary/aromatic N) is 1. The van der Waals surface area contributed by atoms with Gasteiger partial charge < -0.3 is 16.0 Å². The molecule has 3 N–H and O–H groups in total. The maximum Gasteiger partial charge on any atom is 0.255 e. The van der Waals surface area contributed by atoms with Crippen molar-refractivity contribution in [1.82, 2.24) is 10.2 Å². The minimum absolute atomic E-state index is 0.0835. The lowest BCUT2D eigenvalue weighted by molar-refractivity contribution is -0.122. The lowest BCUT2D eigenvalue weighted by atomic mass is 10.0. The van der Waals surface area contributed by atoms with Crippen molar-refractivity contribution in [3.63, 3.8) is 0 Å². The zero-order chi connectivity index (χ0) is 20.0. The predicted octanol–water partition coefficient (Wildman–Crippen LogP) is 1.14. The number of amides is 2. The molecule has 2 unspecified atom stereocenters. The first-order valence-electron chi connectivity index (χ1n) is 9.02. The zero-order valence-electron chi connectivity index (χ0n) is 15.5. The third kappa shape index (κ3) is 5.44. The molecule has 1 aliphatic heterocycles. The number of hydrogen-bond donors (Lipinski definition) is 2. The van der Waals surface area contributed by atoms with Crippen molar-refractivity contribution in [2.45, 2.75) is 51.7 Å². The topological polar surface area (TPSA) is 110 Å². The van der Waals surface area contributed by atoms with E-state index in [1.54, 1.807) is 12.1 Å². The molecule has 27 heavy (non-hydrogen) atoms. The van der Waals surface area contributed by atoms with Crippen LogP contribution in [0.5, 0.6) is 0 Å². The van der Waals surface area contributed by atoms with Gasteiger partial charge in [0.1, 0.15) is 5.52 Å². The molecule has 0 spiro atoms. The number of hydrogen-bond acceptors (Lipinski definition) is 5. The smallest absolute Gasteiger partial charge is 0.255 e. The number of ketones is 1. The number of nitrogens with two attached hydrogens (primary N) is 1.